The van der Waals surface area contributed by atoms with Crippen LogP contribution in [-0.2, 0) is 16.3 Å². The van der Waals surface area contributed by atoms with Gasteiger partial charge in [-0.05, 0) is 68.0 Å². The number of nitrogens with zero attached hydrogens (tertiary/aromatic N) is 5. The first-order chi connectivity index (χ1) is 20.2. The van der Waals surface area contributed by atoms with Gasteiger partial charge in [0.2, 0.25) is 0 Å². The first-order valence-electron chi connectivity index (χ1n) is 14.7. The Labute approximate surface area is 244 Å². The van der Waals surface area contributed by atoms with Gasteiger partial charge in [-0.15, -0.1) is 0 Å². The Bertz CT molecular complexity index is 1870. The monoisotopic (exact) mass is 585 g/mol. The maximum Gasteiger partial charge on any atom is 0.273 e. The largest absolute Gasteiger partial charge is 0.371 e. The second-order valence-corrected chi connectivity index (χ2v) is 14.7. The minimum atomic E-state index is -2.92. The van der Waals surface area contributed by atoms with E-state index in [1.165, 1.54) is 17.2 Å². The third-order valence-electron chi connectivity index (χ3n) is 9.61. The molecule has 2 aromatic carbocycles. The number of halogens is 1. The molecule has 1 amide bonds. The third-order valence-corrected chi connectivity index (χ3v) is 11.7. The average Bonchev–Trinajstić information content (AvgIpc) is 3.58. The lowest BCUT2D eigenvalue weighted by molar-refractivity contribution is 0.0671. The first-order valence-corrected chi connectivity index (χ1v) is 16.6. The van der Waals surface area contributed by atoms with Gasteiger partial charge in [0.1, 0.15) is 11.5 Å². The zero-order valence-corrected chi connectivity index (χ0v) is 24.3. The normalized spacial score (nSPS) is 22.4. The summed E-state index contributed by atoms with van der Waals surface area (Å²) in [6.07, 6.45) is 3.67. The van der Waals surface area contributed by atoms with Gasteiger partial charge in [0.25, 0.3) is 5.91 Å². The summed E-state index contributed by atoms with van der Waals surface area (Å²) in [7, 11) is -2.92. The number of hydrogen-bond acceptors (Lipinski definition) is 6. The summed E-state index contributed by atoms with van der Waals surface area (Å²) in [6.45, 7) is 4.05. The standard InChI is InChI=1S/C32H32FN5O3S/c1-20-24-5-3-2-4-21(24)10-12-37(20)31(39)28-15-29(22-6-7-22)38-30(34-28)16-27(35-38)25-9-8-23(14-26(25)33)36-13-11-32(17-36)18-42(40,41)19-32/h2-5,8-9,14-16,20,22H,6-7,10-13,17-19H2,1H3/t20-/m1/s1. The molecule has 1 spiro atoms. The molecule has 3 fully saturated rings. The van der Waals surface area contributed by atoms with Crippen LogP contribution < -0.4 is 4.90 Å². The molecule has 8 nitrogen and oxygen atoms in total. The maximum atomic E-state index is 15.6. The molecule has 0 N–H and O–H groups in total. The SMILES string of the molecule is C[C@@H]1c2ccccc2CCN1C(=O)c1cc(C2CC2)n2nc(-c3ccc(N4CCC5(C4)CS(=O)(=O)C5)cc3F)cc2n1. The molecule has 8 rings (SSSR count). The second-order valence-electron chi connectivity index (χ2n) is 12.6. The van der Waals surface area contributed by atoms with Crippen molar-refractivity contribution in [3.8, 4) is 11.3 Å². The predicted octanol–water partition coefficient (Wildman–Crippen LogP) is 4.80. The van der Waals surface area contributed by atoms with E-state index in [2.05, 4.69) is 24.0 Å². The zero-order valence-electron chi connectivity index (χ0n) is 23.5. The lowest BCUT2D eigenvalue weighted by Gasteiger charge is -2.37. The highest BCUT2D eigenvalue weighted by Crippen LogP contribution is 2.44. The molecule has 216 valence electrons. The molecule has 2 aromatic heterocycles. The molecule has 1 saturated carbocycles. The number of aromatic nitrogens is 3. The van der Waals surface area contributed by atoms with Crippen molar-refractivity contribution >= 4 is 27.1 Å². The van der Waals surface area contributed by atoms with Gasteiger partial charge in [-0.2, -0.15) is 5.10 Å². The van der Waals surface area contributed by atoms with E-state index < -0.39 is 9.84 Å². The molecular weight excluding hydrogens is 553 g/mol. The number of carbonyl (C=O) groups excluding carboxylic acids is 1. The molecule has 1 atom stereocenters. The molecule has 5 heterocycles. The summed E-state index contributed by atoms with van der Waals surface area (Å²) in [5.41, 5.74) is 5.75. The maximum absolute atomic E-state index is 15.6. The van der Waals surface area contributed by atoms with Gasteiger partial charge in [-0.1, -0.05) is 24.3 Å². The van der Waals surface area contributed by atoms with Crippen LogP contribution in [-0.4, -0.2) is 65.0 Å². The minimum absolute atomic E-state index is 0.0443. The molecule has 0 unspecified atom stereocenters. The molecule has 4 aliphatic rings. The van der Waals surface area contributed by atoms with Crippen molar-refractivity contribution in [2.24, 2.45) is 5.41 Å². The number of benzene rings is 2. The minimum Gasteiger partial charge on any atom is -0.371 e. The van der Waals surface area contributed by atoms with Crippen molar-refractivity contribution in [2.45, 2.75) is 44.6 Å². The Morgan fingerprint density at radius 3 is 2.62 bits per heavy atom. The predicted molar refractivity (Wildman–Crippen MR) is 158 cm³/mol. The Kier molecular flexibility index (Phi) is 5.61. The summed E-state index contributed by atoms with van der Waals surface area (Å²) >= 11 is 0. The molecule has 10 heteroatoms. The number of rotatable bonds is 4. The van der Waals surface area contributed by atoms with E-state index in [0.29, 0.717) is 41.6 Å². The van der Waals surface area contributed by atoms with Crippen molar-refractivity contribution in [1.29, 1.82) is 0 Å². The van der Waals surface area contributed by atoms with E-state index in [4.69, 9.17) is 10.1 Å². The fourth-order valence-electron chi connectivity index (χ4n) is 7.30. The number of carbonyl (C=O) groups is 1. The van der Waals surface area contributed by atoms with Crippen LogP contribution in [0.5, 0.6) is 0 Å². The van der Waals surface area contributed by atoms with Crippen LogP contribution in [0.4, 0.5) is 10.1 Å². The van der Waals surface area contributed by atoms with E-state index in [1.807, 2.05) is 29.2 Å². The zero-order chi connectivity index (χ0) is 28.8. The number of sulfone groups is 1. The average molecular weight is 586 g/mol. The van der Waals surface area contributed by atoms with Crippen molar-refractivity contribution in [3.63, 3.8) is 0 Å². The van der Waals surface area contributed by atoms with Crippen molar-refractivity contribution < 1.29 is 17.6 Å². The molecule has 3 aliphatic heterocycles. The van der Waals surface area contributed by atoms with Crippen molar-refractivity contribution in [3.05, 3.63) is 82.9 Å². The fourth-order valence-corrected chi connectivity index (χ4v) is 9.55. The number of hydrogen-bond donors (Lipinski definition) is 0. The van der Waals surface area contributed by atoms with E-state index in [9.17, 15) is 13.2 Å². The van der Waals surface area contributed by atoms with E-state index >= 15 is 4.39 Å². The molecule has 2 saturated heterocycles. The highest BCUT2D eigenvalue weighted by atomic mass is 32.2. The lowest BCUT2D eigenvalue weighted by Crippen LogP contribution is -2.50. The summed E-state index contributed by atoms with van der Waals surface area (Å²) < 4.78 is 40.9. The van der Waals surface area contributed by atoms with E-state index in [1.54, 1.807) is 16.6 Å². The summed E-state index contributed by atoms with van der Waals surface area (Å²) in [6, 6.07) is 17.0. The van der Waals surface area contributed by atoms with Crippen LogP contribution in [0.3, 0.4) is 0 Å². The van der Waals surface area contributed by atoms with Gasteiger partial charge >= 0.3 is 0 Å². The van der Waals surface area contributed by atoms with Crippen LogP contribution in [0.1, 0.15) is 65.5 Å². The van der Waals surface area contributed by atoms with E-state index in [-0.39, 0.29) is 34.7 Å². The van der Waals surface area contributed by atoms with Gasteiger partial charge in [-0.3, -0.25) is 4.79 Å². The fraction of sp³-hybridized carbons (Fsp3) is 0.406. The van der Waals surface area contributed by atoms with Gasteiger partial charge in [0, 0.05) is 54.0 Å². The molecule has 0 radical (unpaired) electrons. The molecule has 4 aromatic rings. The first kappa shape index (κ1) is 25.9. The summed E-state index contributed by atoms with van der Waals surface area (Å²) in [4.78, 5) is 22.5. The lowest BCUT2D eigenvalue weighted by atomic mass is 9.91. The highest BCUT2D eigenvalue weighted by Gasteiger charge is 2.52. The van der Waals surface area contributed by atoms with Gasteiger partial charge in [-0.25, -0.2) is 22.3 Å². The molecule has 1 aliphatic carbocycles. The topological polar surface area (TPSA) is 87.9 Å². The molecule has 0 bridgehead atoms. The van der Waals surface area contributed by atoms with Crippen molar-refractivity contribution in [2.75, 3.05) is 36.0 Å². The van der Waals surface area contributed by atoms with Gasteiger partial charge < -0.3 is 9.80 Å². The smallest absolute Gasteiger partial charge is 0.273 e. The van der Waals surface area contributed by atoms with Crippen LogP contribution >= 0.6 is 0 Å². The Morgan fingerprint density at radius 2 is 1.86 bits per heavy atom. The Morgan fingerprint density at radius 1 is 1.05 bits per heavy atom. The summed E-state index contributed by atoms with van der Waals surface area (Å²) in [5, 5.41) is 4.76. The number of fused-ring (bicyclic) bond motifs is 2. The van der Waals surface area contributed by atoms with Crippen LogP contribution in [0.15, 0.2) is 54.6 Å². The van der Waals surface area contributed by atoms with Crippen molar-refractivity contribution in [1.82, 2.24) is 19.5 Å². The molecule has 42 heavy (non-hydrogen) atoms. The number of amides is 1. The van der Waals surface area contributed by atoms with E-state index in [0.717, 1.165) is 43.6 Å². The van der Waals surface area contributed by atoms with Gasteiger partial charge in [0.15, 0.2) is 15.5 Å². The Hall–Kier alpha value is -3.79. The van der Waals surface area contributed by atoms with Crippen LogP contribution in [0.2, 0.25) is 0 Å². The third kappa shape index (κ3) is 4.21. The van der Waals surface area contributed by atoms with Crippen LogP contribution in [0.25, 0.3) is 16.9 Å². The van der Waals surface area contributed by atoms with Gasteiger partial charge in [0.05, 0.1) is 23.2 Å². The number of anilines is 1. The quantitative estimate of drug-likeness (QED) is 0.342. The van der Waals surface area contributed by atoms with Crippen LogP contribution in [0, 0.1) is 11.2 Å². The second kappa shape index (κ2) is 9.10. The molecular formula is C32H32FN5O3S. The summed E-state index contributed by atoms with van der Waals surface area (Å²) in [5.74, 6) is 0.275. The highest BCUT2D eigenvalue weighted by molar-refractivity contribution is 7.92. The Balaban J connectivity index is 1.09.